The van der Waals surface area contributed by atoms with E-state index in [1.165, 1.54) is 11.0 Å². The molecule has 6 nitrogen and oxygen atoms in total. The zero-order chi connectivity index (χ0) is 23.4. The molecule has 33 heavy (non-hydrogen) atoms. The van der Waals surface area contributed by atoms with Crippen molar-refractivity contribution in [2.45, 2.75) is 26.7 Å². The van der Waals surface area contributed by atoms with Crippen LogP contribution < -0.4 is 15.6 Å². The Balaban J connectivity index is 1.52. The topological polar surface area (TPSA) is 63.6 Å². The van der Waals surface area contributed by atoms with E-state index in [1.807, 2.05) is 30.3 Å². The third kappa shape index (κ3) is 5.28. The fourth-order valence-corrected chi connectivity index (χ4v) is 4.98. The van der Waals surface area contributed by atoms with Crippen molar-refractivity contribution >= 4 is 16.7 Å². The van der Waals surface area contributed by atoms with E-state index >= 15 is 0 Å². The fourth-order valence-electron chi connectivity index (χ4n) is 4.98. The predicted octanol–water partition coefficient (Wildman–Crippen LogP) is 4.10. The van der Waals surface area contributed by atoms with Crippen molar-refractivity contribution in [2.75, 3.05) is 33.3 Å². The lowest BCUT2D eigenvalue weighted by atomic mass is 9.92. The number of fused-ring (bicyclic) bond motifs is 1. The van der Waals surface area contributed by atoms with E-state index in [-0.39, 0.29) is 11.5 Å². The summed E-state index contributed by atoms with van der Waals surface area (Å²) in [6.07, 6.45) is 3.85. The summed E-state index contributed by atoms with van der Waals surface area (Å²) in [5, 5.41) is 4.26. The molecule has 2 atom stereocenters. The van der Waals surface area contributed by atoms with Crippen LogP contribution in [0.15, 0.2) is 59.5 Å². The average Bonchev–Trinajstić information content (AvgIpc) is 2.82. The Hall–Kier alpha value is -3.12. The van der Waals surface area contributed by atoms with Gasteiger partial charge in [-0.05, 0) is 61.6 Å². The quantitative estimate of drug-likeness (QED) is 0.554. The number of carbonyl (C=O) groups excluding carboxylic acids is 1. The van der Waals surface area contributed by atoms with Gasteiger partial charge in [0, 0.05) is 42.3 Å². The minimum absolute atomic E-state index is 0.152. The number of hydrogen-bond acceptors (Lipinski definition) is 4. The first-order chi connectivity index (χ1) is 16.0. The van der Waals surface area contributed by atoms with Gasteiger partial charge in [-0.1, -0.05) is 32.0 Å². The second-order valence-electron chi connectivity index (χ2n) is 9.28. The van der Waals surface area contributed by atoms with E-state index in [0.717, 1.165) is 37.9 Å². The summed E-state index contributed by atoms with van der Waals surface area (Å²) < 4.78 is 6.76. The van der Waals surface area contributed by atoms with Gasteiger partial charge in [0.1, 0.15) is 5.75 Å². The first kappa shape index (κ1) is 23.1. The van der Waals surface area contributed by atoms with Crippen molar-refractivity contribution in [1.29, 1.82) is 0 Å². The van der Waals surface area contributed by atoms with Gasteiger partial charge in [0.2, 0.25) is 0 Å². The Labute approximate surface area is 195 Å². The molecule has 3 aromatic rings. The molecule has 2 aromatic carbocycles. The zero-order valence-electron chi connectivity index (χ0n) is 19.7. The van der Waals surface area contributed by atoms with E-state index < -0.39 is 0 Å². The Morgan fingerprint density at radius 3 is 2.36 bits per heavy atom. The maximum Gasteiger partial charge on any atom is 0.262 e. The summed E-state index contributed by atoms with van der Waals surface area (Å²) in [5.74, 6) is 2.01. The molecule has 0 radical (unpaired) electrons. The van der Waals surface area contributed by atoms with E-state index in [9.17, 15) is 9.59 Å². The van der Waals surface area contributed by atoms with Crippen molar-refractivity contribution in [3.05, 3.63) is 70.6 Å². The van der Waals surface area contributed by atoms with E-state index in [4.69, 9.17) is 4.74 Å². The number of aromatic nitrogens is 1. The van der Waals surface area contributed by atoms with Crippen molar-refractivity contribution in [3.8, 4) is 11.4 Å². The smallest absolute Gasteiger partial charge is 0.262 e. The highest BCUT2D eigenvalue weighted by Crippen LogP contribution is 2.21. The minimum Gasteiger partial charge on any atom is -0.497 e. The summed E-state index contributed by atoms with van der Waals surface area (Å²) in [4.78, 5) is 28.8. The maximum atomic E-state index is 13.1. The summed E-state index contributed by atoms with van der Waals surface area (Å²) in [6, 6.07) is 14.5. The molecule has 1 aliphatic rings. The van der Waals surface area contributed by atoms with Crippen molar-refractivity contribution in [1.82, 2.24) is 14.8 Å². The molecule has 1 aromatic heterocycles. The predicted molar refractivity (Wildman–Crippen MR) is 132 cm³/mol. The molecular weight excluding hydrogens is 414 g/mol. The van der Waals surface area contributed by atoms with Crippen LogP contribution in [0, 0.1) is 11.8 Å². The summed E-state index contributed by atoms with van der Waals surface area (Å²) in [7, 11) is 1.60. The second kappa shape index (κ2) is 10.2. The number of nitrogens with one attached hydrogen (secondary N) is 1. The van der Waals surface area contributed by atoms with Crippen molar-refractivity contribution in [2.24, 2.45) is 11.8 Å². The number of ether oxygens (including phenoxy) is 1. The van der Waals surface area contributed by atoms with Crippen molar-refractivity contribution < 1.29 is 9.53 Å². The molecule has 174 valence electrons. The molecule has 1 amide bonds. The van der Waals surface area contributed by atoms with Crippen LogP contribution in [0.5, 0.6) is 5.75 Å². The van der Waals surface area contributed by atoms with Crippen LogP contribution in [0.2, 0.25) is 0 Å². The summed E-state index contributed by atoms with van der Waals surface area (Å²) in [6.45, 7) is 8.49. The highest BCUT2D eigenvalue weighted by Gasteiger charge is 2.21. The van der Waals surface area contributed by atoms with Crippen LogP contribution in [-0.4, -0.2) is 48.7 Å². The van der Waals surface area contributed by atoms with Crippen LogP contribution in [-0.2, 0) is 0 Å². The standard InChI is InChI=1S/C27H33N3O3/c1-19-15-20(2)17-29(16-19)14-6-13-28-26(31)25-18-30(21-9-11-22(33-3)12-10-21)27(32)24-8-5-4-7-23(24)25/h4-5,7-12,18-20H,6,13-17H2,1-3H3,(H,28,31)/t19-,20-/m1/s1. The number of pyridine rings is 1. The monoisotopic (exact) mass is 447 g/mol. The van der Waals surface area contributed by atoms with E-state index in [0.29, 0.717) is 34.3 Å². The molecule has 6 heteroatoms. The van der Waals surface area contributed by atoms with Gasteiger partial charge in [-0.2, -0.15) is 0 Å². The number of amides is 1. The Morgan fingerprint density at radius 2 is 1.70 bits per heavy atom. The number of nitrogens with zero attached hydrogens (tertiary/aromatic N) is 2. The average molecular weight is 448 g/mol. The normalized spacial score (nSPS) is 18.9. The minimum atomic E-state index is -0.158. The number of benzene rings is 2. The molecular formula is C27H33N3O3. The van der Waals surface area contributed by atoms with Gasteiger partial charge in [0.05, 0.1) is 12.7 Å². The number of rotatable bonds is 7. The summed E-state index contributed by atoms with van der Waals surface area (Å²) >= 11 is 0. The Bertz CT molecular complexity index is 1160. The van der Waals surface area contributed by atoms with E-state index in [2.05, 4.69) is 24.1 Å². The molecule has 2 heterocycles. The van der Waals surface area contributed by atoms with Gasteiger partial charge in [-0.15, -0.1) is 0 Å². The van der Waals surface area contributed by atoms with Gasteiger partial charge in [-0.25, -0.2) is 0 Å². The first-order valence-corrected chi connectivity index (χ1v) is 11.8. The molecule has 4 rings (SSSR count). The van der Waals surface area contributed by atoms with Gasteiger partial charge in [-0.3, -0.25) is 14.2 Å². The zero-order valence-corrected chi connectivity index (χ0v) is 19.7. The number of piperidine rings is 1. The molecule has 0 bridgehead atoms. The van der Waals surface area contributed by atoms with Gasteiger partial charge in [0.25, 0.3) is 11.5 Å². The highest BCUT2D eigenvalue weighted by atomic mass is 16.5. The molecule has 1 saturated heterocycles. The fraction of sp³-hybridized carbons (Fsp3) is 0.407. The van der Waals surface area contributed by atoms with Gasteiger partial charge < -0.3 is 15.0 Å². The lowest BCUT2D eigenvalue weighted by Gasteiger charge is -2.34. The SMILES string of the molecule is COc1ccc(-n2cc(C(=O)NCCCN3C[C@H](C)C[C@@H](C)C3)c3ccccc3c2=O)cc1. The molecule has 0 spiro atoms. The molecule has 0 aliphatic carbocycles. The van der Waals surface area contributed by atoms with Crippen LogP contribution in [0.25, 0.3) is 16.5 Å². The molecule has 0 unspecified atom stereocenters. The number of likely N-dealkylation sites (tertiary alicyclic amines) is 1. The van der Waals surface area contributed by atoms with Crippen LogP contribution in [0.1, 0.15) is 37.0 Å². The number of hydrogen-bond donors (Lipinski definition) is 1. The third-order valence-corrected chi connectivity index (χ3v) is 6.40. The van der Waals surface area contributed by atoms with Crippen LogP contribution in [0.4, 0.5) is 0 Å². The van der Waals surface area contributed by atoms with Crippen LogP contribution in [0.3, 0.4) is 0 Å². The van der Waals surface area contributed by atoms with E-state index in [1.54, 1.807) is 31.5 Å². The third-order valence-electron chi connectivity index (χ3n) is 6.40. The Morgan fingerprint density at radius 1 is 1.03 bits per heavy atom. The largest absolute Gasteiger partial charge is 0.497 e. The molecule has 1 N–H and O–H groups in total. The second-order valence-corrected chi connectivity index (χ2v) is 9.28. The maximum absolute atomic E-state index is 13.1. The highest BCUT2D eigenvalue weighted by molar-refractivity contribution is 6.06. The molecule has 1 fully saturated rings. The number of methoxy groups -OCH3 is 1. The lowest BCUT2D eigenvalue weighted by Crippen LogP contribution is -2.40. The van der Waals surface area contributed by atoms with Gasteiger partial charge in [0.15, 0.2) is 0 Å². The van der Waals surface area contributed by atoms with Crippen molar-refractivity contribution in [3.63, 3.8) is 0 Å². The lowest BCUT2D eigenvalue weighted by molar-refractivity contribution is 0.0948. The van der Waals surface area contributed by atoms with Gasteiger partial charge >= 0.3 is 0 Å². The summed E-state index contributed by atoms with van der Waals surface area (Å²) in [5.41, 5.74) is 1.04. The Kier molecular flexibility index (Phi) is 7.14. The number of carbonyl (C=O) groups is 1. The molecule has 0 saturated carbocycles. The molecule has 1 aliphatic heterocycles. The van der Waals surface area contributed by atoms with Crippen LogP contribution >= 0.6 is 0 Å². The first-order valence-electron chi connectivity index (χ1n) is 11.8.